The highest BCUT2D eigenvalue weighted by molar-refractivity contribution is 6.01. The van der Waals surface area contributed by atoms with Gasteiger partial charge < -0.3 is 40.3 Å². The zero-order valence-corrected chi connectivity index (χ0v) is 25.2. The lowest BCUT2D eigenvalue weighted by atomic mass is 10.0. The second kappa shape index (κ2) is 19.3. The molecule has 3 atom stereocenters. The number of hydrogen-bond acceptors (Lipinski definition) is 10. The normalized spacial score (nSPS) is 14.9. The first-order valence-electron chi connectivity index (χ1n) is 14.4. The highest BCUT2D eigenvalue weighted by atomic mass is 16.6. The van der Waals surface area contributed by atoms with Gasteiger partial charge in [0.25, 0.3) is 0 Å². The summed E-state index contributed by atoms with van der Waals surface area (Å²) in [5.74, 6) is -2.04. The largest absolute Gasteiger partial charge is 0.467 e. The number of nitrogens with zero attached hydrogens (tertiary/aromatic N) is 2. The third-order valence-corrected chi connectivity index (χ3v) is 6.31. The molecular weight excluding hydrogens is 576 g/mol. The number of benzene rings is 1. The molecule has 15 heteroatoms. The lowest BCUT2D eigenvalue weighted by Crippen LogP contribution is -2.56. The van der Waals surface area contributed by atoms with E-state index >= 15 is 0 Å². The Balaban J connectivity index is 1.95. The molecule has 240 valence electrons. The topological polar surface area (TPSA) is 187 Å². The molecule has 0 saturated carbocycles. The second-order valence-electron chi connectivity index (χ2n) is 9.78. The molecule has 0 bridgehead atoms. The highest BCUT2D eigenvalue weighted by Gasteiger charge is 2.29. The van der Waals surface area contributed by atoms with Gasteiger partial charge >= 0.3 is 18.2 Å². The summed E-state index contributed by atoms with van der Waals surface area (Å²) in [6.07, 6.45) is 0.873. The molecule has 0 unspecified atom stereocenters. The van der Waals surface area contributed by atoms with Gasteiger partial charge in [0.15, 0.2) is 5.69 Å². The van der Waals surface area contributed by atoms with Crippen LogP contribution in [0.15, 0.2) is 29.4 Å². The van der Waals surface area contributed by atoms with Crippen molar-refractivity contribution >= 4 is 41.4 Å². The van der Waals surface area contributed by atoms with E-state index in [2.05, 4.69) is 31.3 Å². The van der Waals surface area contributed by atoms with Crippen LogP contribution in [-0.2, 0) is 33.4 Å². The Morgan fingerprint density at radius 2 is 1.55 bits per heavy atom. The maximum atomic E-state index is 13.0. The number of rotatable bonds is 17. The fraction of sp³-hybridized carbons (Fsp3) is 0.552. The number of alkyl carbamates (subject to hydrolysis) is 2. The van der Waals surface area contributed by atoms with Gasteiger partial charge in [-0.05, 0) is 18.4 Å². The van der Waals surface area contributed by atoms with Gasteiger partial charge in [0, 0.05) is 19.5 Å². The Labute approximate surface area is 256 Å². The number of methoxy groups -OCH3 is 1. The molecule has 1 aliphatic heterocycles. The molecule has 2 rings (SSSR count). The van der Waals surface area contributed by atoms with E-state index in [4.69, 9.17) is 25.6 Å². The average Bonchev–Trinajstić information content (AvgIpc) is 3.49. The van der Waals surface area contributed by atoms with Crippen molar-refractivity contribution in [2.45, 2.75) is 70.6 Å². The first-order valence-corrected chi connectivity index (χ1v) is 14.4. The summed E-state index contributed by atoms with van der Waals surface area (Å²) in [6, 6.07) is 4.29. The predicted molar refractivity (Wildman–Crippen MR) is 158 cm³/mol. The SMILES string of the molecule is [C-]#[N+]c1ccc(C2=NO[C@@H](CC(=O)NC[C@H](NC(=O)OCCCC)C(=O)NC[C@@H](NC(=O)OCCCC)C(=O)OC)C2)cc1. The van der Waals surface area contributed by atoms with E-state index in [1.54, 1.807) is 24.3 Å². The minimum atomic E-state index is -1.28. The number of esters is 1. The first kappa shape index (κ1) is 35.3. The quantitative estimate of drug-likeness (QED) is 0.0882. The number of amides is 4. The maximum absolute atomic E-state index is 13.0. The summed E-state index contributed by atoms with van der Waals surface area (Å²) < 4.78 is 14.8. The van der Waals surface area contributed by atoms with Gasteiger partial charge in [0.1, 0.15) is 18.2 Å². The summed E-state index contributed by atoms with van der Waals surface area (Å²) >= 11 is 0. The number of carbonyl (C=O) groups is 5. The van der Waals surface area contributed by atoms with Crippen LogP contribution in [0.5, 0.6) is 0 Å². The predicted octanol–water partition coefficient (Wildman–Crippen LogP) is 2.32. The minimum Gasteiger partial charge on any atom is -0.467 e. The second-order valence-corrected chi connectivity index (χ2v) is 9.78. The van der Waals surface area contributed by atoms with Crippen LogP contribution in [0.25, 0.3) is 4.85 Å². The fourth-order valence-electron chi connectivity index (χ4n) is 3.79. The van der Waals surface area contributed by atoms with E-state index in [1.165, 1.54) is 0 Å². The molecule has 4 N–H and O–H groups in total. The molecule has 0 aliphatic carbocycles. The Bertz CT molecular complexity index is 1200. The molecule has 1 aromatic carbocycles. The first-order chi connectivity index (χ1) is 21.2. The van der Waals surface area contributed by atoms with E-state index in [-0.39, 0.29) is 32.7 Å². The molecule has 44 heavy (non-hydrogen) atoms. The number of carbonyl (C=O) groups excluding carboxylic acids is 5. The molecule has 0 saturated heterocycles. The molecule has 1 aliphatic rings. The van der Waals surface area contributed by atoms with Gasteiger partial charge in [-0.3, -0.25) is 9.59 Å². The molecule has 0 radical (unpaired) electrons. The fourth-order valence-corrected chi connectivity index (χ4v) is 3.79. The summed E-state index contributed by atoms with van der Waals surface area (Å²) in [5, 5.41) is 13.9. The van der Waals surface area contributed by atoms with Gasteiger partial charge in [0.05, 0.1) is 39.0 Å². The lowest BCUT2D eigenvalue weighted by molar-refractivity contribution is -0.143. The van der Waals surface area contributed by atoms with Crippen molar-refractivity contribution in [1.82, 2.24) is 21.3 Å². The summed E-state index contributed by atoms with van der Waals surface area (Å²) in [5.41, 5.74) is 1.90. The smallest absolute Gasteiger partial charge is 0.407 e. The van der Waals surface area contributed by atoms with Crippen LogP contribution in [0.1, 0.15) is 57.9 Å². The third kappa shape index (κ3) is 12.6. The molecule has 0 aromatic heterocycles. The van der Waals surface area contributed by atoms with E-state index in [0.717, 1.165) is 25.5 Å². The van der Waals surface area contributed by atoms with E-state index in [9.17, 15) is 24.0 Å². The van der Waals surface area contributed by atoms with Crippen molar-refractivity contribution in [2.24, 2.45) is 5.16 Å². The number of ether oxygens (including phenoxy) is 3. The molecule has 1 aromatic rings. The average molecular weight is 617 g/mol. The van der Waals surface area contributed by atoms with Crippen LogP contribution in [0.2, 0.25) is 0 Å². The molecule has 0 spiro atoms. The molecule has 1 heterocycles. The summed E-state index contributed by atoms with van der Waals surface area (Å²) in [7, 11) is 1.13. The molecule has 0 fully saturated rings. The number of hydrogen-bond donors (Lipinski definition) is 4. The van der Waals surface area contributed by atoms with Crippen molar-refractivity contribution in [1.29, 1.82) is 0 Å². The molecule has 4 amide bonds. The Morgan fingerprint density at radius 1 is 0.955 bits per heavy atom. The van der Waals surface area contributed by atoms with Crippen molar-refractivity contribution in [3.8, 4) is 0 Å². The Morgan fingerprint density at radius 3 is 2.11 bits per heavy atom. The molecular formula is C29H40N6O9. The van der Waals surface area contributed by atoms with Crippen LogP contribution >= 0.6 is 0 Å². The van der Waals surface area contributed by atoms with Crippen LogP contribution in [-0.4, -0.2) is 87.3 Å². The van der Waals surface area contributed by atoms with Crippen LogP contribution in [0, 0.1) is 6.57 Å². The van der Waals surface area contributed by atoms with Crippen molar-refractivity contribution in [3.63, 3.8) is 0 Å². The van der Waals surface area contributed by atoms with Crippen LogP contribution < -0.4 is 21.3 Å². The van der Waals surface area contributed by atoms with E-state index in [1.807, 2.05) is 13.8 Å². The van der Waals surface area contributed by atoms with Gasteiger partial charge in [-0.25, -0.2) is 19.2 Å². The summed E-state index contributed by atoms with van der Waals surface area (Å²) in [6.45, 7) is 10.5. The van der Waals surface area contributed by atoms with Gasteiger partial charge in [0.2, 0.25) is 11.8 Å². The van der Waals surface area contributed by atoms with Gasteiger partial charge in [-0.15, -0.1) is 0 Å². The maximum Gasteiger partial charge on any atom is 0.407 e. The van der Waals surface area contributed by atoms with Gasteiger partial charge in [-0.2, -0.15) is 0 Å². The number of unbranched alkanes of at least 4 members (excludes halogenated alkanes) is 2. The van der Waals surface area contributed by atoms with E-state index in [0.29, 0.717) is 30.7 Å². The minimum absolute atomic E-state index is 0.0725. The number of oxime groups is 1. The van der Waals surface area contributed by atoms with Crippen molar-refractivity contribution in [2.75, 3.05) is 33.4 Å². The summed E-state index contributed by atoms with van der Waals surface area (Å²) in [4.78, 5) is 71.0. The van der Waals surface area contributed by atoms with Crippen LogP contribution in [0.4, 0.5) is 15.3 Å². The third-order valence-electron chi connectivity index (χ3n) is 6.31. The highest BCUT2D eigenvalue weighted by Crippen LogP contribution is 2.21. The number of nitrogens with one attached hydrogen (secondary N) is 4. The standard InChI is InChI=1S/C29H40N6O9/c1-5-7-13-42-28(39)33-23(26(37)32-18-24(27(38)41-4)34-29(40)43-14-8-6-2)17-31-25(36)16-21-15-22(35-44-21)19-9-11-20(30-3)12-10-19/h9-12,21,23-24H,5-8,13-18H2,1-2,4H3,(H,31,36)(H,32,37)(H,33,39)(H,34,40)/t21-,23+,24-/m1/s1. The zero-order valence-electron chi connectivity index (χ0n) is 25.2. The van der Waals surface area contributed by atoms with Gasteiger partial charge in [-0.1, -0.05) is 56.1 Å². The zero-order chi connectivity index (χ0) is 32.3. The Hall–Kier alpha value is -4.87. The Kier molecular flexibility index (Phi) is 15.5. The monoisotopic (exact) mass is 616 g/mol. The van der Waals surface area contributed by atoms with Crippen LogP contribution in [0.3, 0.4) is 0 Å². The molecule has 15 nitrogen and oxygen atoms in total. The van der Waals surface area contributed by atoms with E-state index < -0.39 is 48.2 Å². The van der Waals surface area contributed by atoms with Crippen molar-refractivity contribution in [3.05, 3.63) is 41.2 Å². The van der Waals surface area contributed by atoms with Crippen molar-refractivity contribution < 1.29 is 43.0 Å². The lowest BCUT2D eigenvalue weighted by Gasteiger charge is -2.21.